The molecule has 0 radical (unpaired) electrons. The smallest absolute Gasteiger partial charge is 0.233 e. The number of unbranched alkanes of at least 4 members (excludes halogenated alkanes) is 1. The molecule has 1 saturated carbocycles. The summed E-state index contributed by atoms with van der Waals surface area (Å²) in [7, 11) is 0. The van der Waals surface area contributed by atoms with E-state index >= 15 is 0 Å². The molecule has 0 aromatic rings. The van der Waals surface area contributed by atoms with Crippen LogP contribution in [0.1, 0.15) is 33.1 Å². The number of carbonyl (C=O) groups excluding carboxylic acids is 2. The fraction of sp³-hybridized carbons (Fsp3) is 0.733. The first-order chi connectivity index (χ1) is 8.61. The molecule has 0 spiro atoms. The van der Waals surface area contributed by atoms with Crippen molar-refractivity contribution in [1.29, 1.82) is 0 Å². The quantitative estimate of drug-likeness (QED) is 0.424. The molecule has 18 heavy (non-hydrogen) atoms. The number of fused-ring (bicyclic) bond motifs is 4. The van der Waals surface area contributed by atoms with Crippen LogP contribution >= 0.6 is 0 Å². The second kappa shape index (κ2) is 4.22. The topological polar surface area (TPSA) is 37.4 Å². The zero-order valence-corrected chi connectivity index (χ0v) is 11.1. The van der Waals surface area contributed by atoms with Gasteiger partial charge in [0.05, 0.1) is 11.8 Å². The first-order valence-electron chi connectivity index (χ1n) is 7.15. The van der Waals surface area contributed by atoms with Gasteiger partial charge in [-0.25, -0.2) is 0 Å². The van der Waals surface area contributed by atoms with Crippen molar-refractivity contribution in [2.24, 2.45) is 29.6 Å². The van der Waals surface area contributed by atoms with Crippen LogP contribution < -0.4 is 0 Å². The number of amides is 2. The second-order valence-electron chi connectivity index (χ2n) is 6.31. The van der Waals surface area contributed by atoms with Gasteiger partial charge in [-0.1, -0.05) is 38.8 Å². The van der Waals surface area contributed by atoms with Crippen LogP contribution in [0.2, 0.25) is 0 Å². The molecule has 4 atom stereocenters. The number of imide groups is 1. The van der Waals surface area contributed by atoms with Crippen LogP contribution in [0.3, 0.4) is 0 Å². The maximum Gasteiger partial charge on any atom is 0.233 e. The molecule has 3 rings (SSSR count). The molecule has 2 fully saturated rings. The minimum Gasteiger partial charge on any atom is -0.282 e. The Morgan fingerprint density at radius 2 is 1.61 bits per heavy atom. The Kier molecular flexibility index (Phi) is 2.80. The number of likely N-dealkylation sites (tertiary alicyclic amines) is 1. The predicted molar refractivity (Wildman–Crippen MR) is 68.5 cm³/mol. The molecule has 0 N–H and O–H groups in total. The van der Waals surface area contributed by atoms with E-state index in [1.54, 1.807) is 0 Å². The fourth-order valence-electron chi connectivity index (χ4n) is 3.57. The molecule has 0 aromatic heterocycles. The lowest BCUT2D eigenvalue weighted by molar-refractivity contribution is -0.139. The van der Waals surface area contributed by atoms with Crippen molar-refractivity contribution in [3.05, 3.63) is 12.2 Å². The summed E-state index contributed by atoms with van der Waals surface area (Å²) >= 11 is 0. The highest BCUT2D eigenvalue weighted by molar-refractivity contribution is 6.07. The molecule has 98 valence electrons. The van der Waals surface area contributed by atoms with Crippen molar-refractivity contribution < 1.29 is 9.59 Å². The fourth-order valence-corrected chi connectivity index (χ4v) is 3.57. The lowest BCUT2D eigenvalue weighted by Crippen LogP contribution is -2.50. The van der Waals surface area contributed by atoms with Crippen LogP contribution in [0.4, 0.5) is 0 Å². The van der Waals surface area contributed by atoms with Crippen molar-refractivity contribution >= 4 is 11.8 Å². The summed E-state index contributed by atoms with van der Waals surface area (Å²) in [5.74, 6) is 1.65. The zero-order chi connectivity index (χ0) is 12.9. The number of nitrogens with zero attached hydrogens (tertiary/aromatic N) is 1. The van der Waals surface area contributed by atoms with Gasteiger partial charge in [0, 0.05) is 6.54 Å². The van der Waals surface area contributed by atoms with Crippen molar-refractivity contribution in [2.45, 2.75) is 33.1 Å². The largest absolute Gasteiger partial charge is 0.282 e. The van der Waals surface area contributed by atoms with Gasteiger partial charge in [0.15, 0.2) is 0 Å². The van der Waals surface area contributed by atoms with Crippen LogP contribution in [-0.2, 0) is 9.59 Å². The number of hydrogen-bond donors (Lipinski definition) is 0. The number of hydrogen-bond acceptors (Lipinski definition) is 2. The molecule has 3 heteroatoms. The number of allylic oxidation sites excluding steroid dienone is 2. The van der Waals surface area contributed by atoms with E-state index in [1.807, 2.05) is 0 Å². The molecule has 0 aromatic carbocycles. The summed E-state index contributed by atoms with van der Waals surface area (Å²) in [5.41, 5.74) is 0. The Labute approximate surface area is 108 Å². The normalized spacial score (nSPS) is 36.5. The summed E-state index contributed by atoms with van der Waals surface area (Å²) in [6.45, 7) is 5.04. The van der Waals surface area contributed by atoms with E-state index in [9.17, 15) is 9.59 Å². The van der Waals surface area contributed by atoms with E-state index in [1.165, 1.54) is 11.3 Å². The maximum absolute atomic E-state index is 12.2. The first-order valence-corrected chi connectivity index (χ1v) is 7.15. The molecular formula is C15H21NO2. The van der Waals surface area contributed by atoms with Crippen LogP contribution in [0.15, 0.2) is 12.2 Å². The third kappa shape index (κ3) is 1.56. The van der Waals surface area contributed by atoms with Gasteiger partial charge in [-0.05, 0) is 24.2 Å². The molecule has 1 saturated heterocycles. The third-order valence-electron chi connectivity index (χ3n) is 4.73. The Bertz CT molecular complexity index is 383. The third-order valence-corrected chi connectivity index (χ3v) is 4.73. The zero-order valence-electron chi connectivity index (χ0n) is 11.1. The van der Waals surface area contributed by atoms with Gasteiger partial charge in [0.2, 0.25) is 11.8 Å². The van der Waals surface area contributed by atoms with Crippen LogP contribution in [0.25, 0.3) is 0 Å². The van der Waals surface area contributed by atoms with E-state index in [0.717, 1.165) is 12.8 Å². The molecule has 4 unspecified atom stereocenters. The Morgan fingerprint density at radius 3 is 2.06 bits per heavy atom. The molecule has 1 aliphatic heterocycles. The van der Waals surface area contributed by atoms with Crippen LogP contribution in [0, 0.1) is 29.6 Å². The van der Waals surface area contributed by atoms with E-state index in [4.69, 9.17) is 0 Å². The minimum atomic E-state index is -0.00222. The summed E-state index contributed by atoms with van der Waals surface area (Å²) in [5, 5.41) is 0. The molecular weight excluding hydrogens is 226 g/mol. The van der Waals surface area contributed by atoms with Gasteiger partial charge in [-0.2, -0.15) is 0 Å². The summed E-state index contributed by atoms with van der Waals surface area (Å²) in [6, 6.07) is 0. The highest BCUT2D eigenvalue weighted by Crippen LogP contribution is 2.57. The molecule has 3 aliphatic rings. The molecule has 2 aliphatic carbocycles. The molecule has 2 amide bonds. The van der Waals surface area contributed by atoms with Gasteiger partial charge in [0.25, 0.3) is 0 Å². The first kappa shape index (κ1) is 11.9. The number of carbonyl (C=O) groups is 2. The Morgan fingerprint density at radius 1 is 1.06 bits per heavy atom. The summed E-state index contributed by atoms with van der Waals surface area (Å²) < 4.78 is 0. The van der Waals surface area contributed by atoms with Gasteiger partial charge >= 0.3 is 0 Å². The van der Waals surface area contributed by atoms with Gasteiger partial charge in [-0.3, -0.25) is 14.5 Å². The highest BCUT2D eigenvalue weighted by atomic mass is 16.2. The summed E-state index contributed by atoms with van der Waals surface area (Å²) in [4.78, 5) is 25.9. The standard InChI is InChI=1S/C15H21NO2/c1-9(2)5-3-4-8-16-14(17)12-10-6-7-11(10)13(12)15(16)18/h6-7,9-13H,3-5,8H2,1-2H3. The van der Waals surface area contributed by atoms with Crippen molar-refractivity contribution in [1.82, 2.24) is 4.90 Å². The predicted octanol–water partition coefficient (Wildman–Crippen LogP) is 2.23. The van der Waals surface area contributed by atoms with E-state index in [2.05, 4.69) is 26.0 Å². The van der Waals surface area contributed by atoms with E-state index in [0.29, 0.717) is 24.3 Å². The average molecular weight is 247 g/mol. The molecule has 1 heterocycles. The van der Waals surface area contributed by atoms with Gasteiger partial charge < -0.3 is 0 Å². The van der Waals surface area contributed by atoms with Gasteiger partial charge in [-0.15, -0.1) is 0 Å². The van der Waals surface area contributed by atoms with Crippen molar-refractivity contribution in [2.75, 3.05) is 6.54 Å². The van der Waals surface area contributed by atoms with Crippen molar-refractivity contribution in [3.8, 4) is 0 Å². The summed E-state index contributed by atoms with van der Waals surface area (Å²) in [6.07, 6.45) is 7.43. The van der Waals surface area contributed by atoms with Crippen LogP contribution in [-0.4, -0.2) is 23.3 Å². The Hall–Kier alpha value is -1.12. The average Bonchev–Trinajstić information content (AvgIpc) is 2.47. The molecule has 3 nitrogen and oxygen atoms in total. The van der Waals surface area contributed by atoms with Crippen molar-refractivity contribution in [3.63, 3.8) is 0 Å². The van der Waals surface area contributed by atoms with Gasteiger partial charge in [0.1, 0.15) is 0 Å². The minimum absolute atomic E-state index is 0.00222. The maximum atomic E-state index is 12.2. The highest BCUT2D eigenvalue weighted by Gasteiger charge is 2.64. The van der Waals surface area contributed by atoms with E-state index in [-0.39, 0.29) is 23.7 Å². The second-order valence-corrected chi connectivity index (χ2v) is 6.31. The molecule has 0 bridgehead atoms. The monoisotopic (exact) mass is 247 g/mol. The SMILES string of the molecule is CC(C)CCCCN1C(=O)C2C3C=CC3C2C1=O. The lowest BCUT2D eigenvalue weighted by atomic mass is 9.52. The Balaban J connectivity index is 1.55. The lowest BCUT2D eigenvalue weighted by Gasteiger charge is -2.48. The van der Waals surface area contributed by atoms with E-state index < -0.39 is 0 Å². The number of rotatable bonds is 5. The van der Waals surface area contributed by atoms with Crippen LogP contribution in [0.5, 0.6) is 0 Å².